The van der Waals surface area contributed by atoms with E-state index in [1.54, 1.807) is 48.7 Å². The number of likely N-dealkylation sites (tertiary alicyclic amines) is 1. The Morgan fingerprint density at radius 1 is 1.05 bits per heavy atom. The normalized spacial score (nSPS) is 13.7. The lowest BCUT2D eigenvalue weighted by Crippen LogP contribution is -2.33. The lowest BCUT2D eigenvalue weighted by molar-refractivity contribution is 0.102. The van der Waals surface area contributed by atoms with Crippen molar-refractivity contribution in [3.63, 3.8) is 0 Å². The minimum absolute atomic E-state index is 0.163. The van der Waals surface area contributed by atoms with Crippen molar-refractivity contribution < 1.29 is 18.9 Å². The average Bonchev–Trinajstić information content (AvgIpc) is 3.60. The number of fused-ring (bicyclic) bond motifs is 1. The van der Waals surface area contributed by atoms with Crippen molar-refractivity contribution in [1.82, 2.24) is 29.7 Å². The van der Waals surface area contributed by atoms with Crippen LogP contribution < -0.4 is 20.5 Å². The number of hydrogen-bond donors (Lipinski definition) is 2. The maximum absolute atomic E-state index is 12.9. The molecule has 42 heavy (non-hydrogen) atoms. The van der Waals surface area contributed by atoms with Crippen LogP contribution in [0.2, 0.25) is 0 Å². The second kappa shape index (κ2) is 12.3. The number of amides is 1. The summed E-state index contributed by atoms with van der Waals surface area (Å²) in [5, 5.41) is 10.5. The summed E-state index contributed by atoms with van der Waals surface area (Å²) < 4.78 is 18.6. The molecule has 1 aliphatic heterocycles. The summed E-state index contributed by atoms with van der Waals surface area (Å²) in [5.74, 6) is 2.11. The van der Waals surface area contributed by atoms with Gasteiger partial charge in [-0.25, -0.2) is 14.6 Å². The number of rotatable bonds is 10. The first kappa shape index (κ1) is 27.2. The van der Waals surface area contributed by atoms with Crippen molar-refractivity contribution in [2.24, 2.45) is 0 Å². The van der Waals surface area contributed by atoms with Gasteiger partial charge < -0.3 is 25.1 Å². The number of benzene rings is 2. The van der Waals surface area contributed by atoms with Gasteiger partial charge in [0.1, 0.15) is 23.6 Å². The Morgan fingerprint density at radius 3 is 2.64 bits per heavy atom. The summed E-state index contributed by atoms with van der Waals surface area (Å²) in [4.78, 5) is 24.3. The fourth-order valence-corrected chi connectivity index (χ4v) is 5.06. The number of aromatic nitrogens is 5. The van der Waals surface area contributed by atoms with E-state index in [0.29, 0.717) is 53.1 Å². The molecule has 0 spiro atoms. The number of nitrogens with zero attached hydrogens (tertiary/aromatic N) is 6. The van der Waals surface area contributed by atoms with Crippen molar-refractivity contribution in [1.29, 1.82) is 0 Å². The molecule has 2 aromatic carbocycles. The highest BCUT2D eigenvalue weighted by molar-refractivity contribution is 6.04. The van der Waals surface area contributed by atoms with E-state index < -0.39 is 0 Å². The number of aryl methyl sites for hydroxylation is 1. The number of nitrogen functional groups attached to an aromatic ring is 1. The van der Waals surface area contributed by atoms with Crippen molar-refractivity contribution in [3.05, 3.63) is 66.4 Å². The molecule has 3 aromatic heterocycles. The molecule has 0 aliphatic carbocycles. The number of imidazole rings is 1. The van der Waals surface area contributed by atoms with Gasteiger partial charge in [0.05, 0.1) is 11.7 Å². The Hall–Kier alpha value is -4.97. The molecule has 1 saturated heterocycles. The van der Waals surface area contributed by atoms with Gasteiger partial charge in [0.2, 0.25) is 5.88 Å². The quantitative estimate of drug-likeness (QED) is 0.236. The van der Waals surface area contributed by atoms with Crippen LogP contribution in [0, 0.1) is 0 Å². The Kier molecular flexibility index (Phi) is 7.95. The first-order valence-electron chi connectivity index (χ1n) is 14.1. The van der Waals surface area contributed by atoms with E-state index in [0.717, 1.165) is 30.9 Å². The summed E-state index contributed by atoms with van der Waals surface area (Å²) in [6, 6.07) is 16.1. The number of anilines is 2. The smallest absolute Gasteiger partial charge is 0.255 e. The fraction of sp³-hybridized carbons (Fsp3) is 0.300. The largest absolute Gasteiger partial charge is 0.492 e. The molecule has 216 valence electrons. The van der Waals surface area contributed by atoms with E-state index in [-0.39, 0.29) is 11.7 Å². The van der Waals surface area contributed by atoms with E-state index in [1.807, 2.05) is 23.6 Å². The third-order valence-electron chi connectivity index (χ3n) is 7.21. The molecule has 0 radical (unpaired) electrons. The van der Waals surface area contributed by atoms with Crippen LogP contribution in [-0.4, -0.2) is 61.9 Å². The number of nitrogens with two attached hydrogens (primary N) is 1. The van der Waals surface area contributed by atoms with Crippen LogP contribution in [0.4, 0.5) is 11.5 Å². The predicted molar refractivity (Wildman–Crippen MR) is 158 cm³/mol. The molecule has 5 aromatic rings. The molecule has 6 rings (SSSR count). The van der Waals surface area contributed by atoms with Gasteiger partial charge in [0.15, 0.2) is 17.3 Å². The second-order valence-corrected chi connectivity index (χ2v) is 10.0. The van der Waals surface area contributed by atoms with Gasteiger partial charge in [-0.2, -0.15) is 0 Å². The summed E-state index contributed by atoms with van der Waals surface area (Å²) in [7, 11) is 0. The summed E-state index contributed by atoms with van der Waals surface area (Å²) in [6.07, 6.45) is 5.46. The molecule has 0 bridgehead atoms. The zero-order valence-corrected chi connectivity index (χ0v) is 23.3. The molecule has 1 amide bonds. The Balaban J connectivity index is 1.09. The molecule has 1 fully saturated rings. The van der Waals surface area contributed by atoms with Crippen LogP contribution in [0.15, 0.2) is 65.4 Å². The number of ether oxygens (including phenoxy) is 2. The van der Waals surface area contributed by atoms with E-state index in [9.17, 15) is 4.79 Å². The Bertz CT molecular complexity index is 1670. The van der Waals surface area contributed by atoms with Gasteiger partial charge >= 0.3 is 0 Å². The van der Waals surface area contributed by atoms with E-state index >= 15 is 0 Å². The molecule has 0 unspecified atom stereocenters. The number of hydrogen-bond acceptors (Lipinski definition) is 10. The van der Waals surface area contributed by atoms with Crippen molar-refractivity contribution in [3.8, 4) is 28.9 Å². The molecule has 12 nitrogen and oxygen atoms in total. The maximum atomic E-state index is 12.9. The zero-order chi connectivity index (χ0) is 28.9. The highest BCUT2D eigenvalue weighted by Gasteiger charge is 2.19. The van der Waals surface area contributed by atoms with E-state index in [2.05, 4.69) is 30.5 Å². The molecule has 12 heteroatoms. The van der Waals surface area contributed by atoms with Crippen molar-refractivity contribution >= 4 is 28.4 Å². The highest BCUT2D eigenvalue weighted by Crippen LogP contribution is 2.30. The highest BCUT2D eigenvalue weighted by atomic mass is 16.6. The molecular formula is C30H32N8O4. The fourth-order valence-electron chi connectivity index (χ4n) is 5.06. The average molecular weight is 569 g/mol. The third-order valence-corrected chi connectivity index (χ3v) is 7.21. The summed E-state index contributed by atoms with van der Waals surface area (Å²) in [5.41, 5.74) is 8.83. The number of nitrogens with one attached hydrogen (secondary N) is 1. The Morgan fingerprint density at radius 2 is 1.88 bits per heavy atom. The first-order chi connectivity index (χ1) is 20.6. The summed E-state index contributed by atoms with van der Waals surface area (Å²) in [6.45, 7) is 6.43. The third kappa shape index (κ3) is 6.03. The van der Waals surface area contributed by atoms with Gasteiger partial charge in [0, 0.05) is 36.5 Å². The topological polar surface area (TPSA) is 146 Å². The summed E-state index contributed by atoms with van der Waals surface area (Å²) >= 11 is 0. The zero-order valence-electron chi connectivity index (χ0n) is 23.3. The van der Waals surface area contributed by atoms with Crippen molar-refractivity contribution in [2.45, 2.75) is 32.7 Å². The minimum Gasteiger partial charge on any atom is -0.492 e. The molecule has 0 atom stereocenters. The van der Waals surface area contributed by atoms with Crippen molar-refractivity contribution in [2.75, 3.05) is 37.3 Å². The SMILES string of the molecule is CCn1c(-c2nonc2N)nc2cnc(Oc3cccc(NC(=O)c4ccc(OCCN5CCCCC5)cc4)c3)cc21. The lowest BCUT2D eigenvalue weighted by Gasteiger charge is -2.26. The standard InChI is InChI=1S/C30H32N8O4/c1-2-38-25-18-26(32-19-24(25)34-29(38)27-28(31)36-42-35-27)41-23-8-6-7-21(17-23)33-30(39)20-9-11-22(12-10-20)40-16-15-37-13-4-3-5-14-37/h6-12,17-19H,2-5,13-16H2,1H3,(H2,31,36)(H,33,39). The number of carbonyl (C=O) groups excluding carboxylic acids is 1. The molecule has 3 N–H and O–H groups in total. The second-order valence-electron chi connectivity index (χ2n) is 10.0. The van der Waals surface area contributed by atoms with E-state index in [1.165, 1.54) is 19.3 Å². The minimum atomic E-state index is -0.229. The van der Waals surface area contributed by atoms with Crippen LogP contribution in [0.5, 0.6) is 17.4 Å². The van der Waals surface area contributed by atoms with Gasteiger partial charge in [0.25, 0.3) is 5.91 Å². The van der Waals surface area contributed by atoms with Gasteiger partial charge in [-0.05, 0) is 79.6 Å². The first-order valence-corrected chi connectivity index (χ1v) is 14.1. The number of pyridine rings is 1. The maximum Gasteiger partial charge on any atom is 0.255 e. The lowest BCUT2D eigenvalue weighted by atomic mass is 10.1. The van der Waals surface area contributed by atoms with Gasteiger partial charge in [-0.1, -0.05) is 12.5 Å². The molecule has 1 aliphatic rings. The van der Waals surface area contributed by atoms with Crippen LogP contribution >= 0.6 is 0 Å². The molecule has 4 heterocycles. The monoisotopic (exact) mass is 568 g/mol. The van der Waals surface area contributed by atoms with Gasteiger partial charge in [-0.3, -0.25) is 9.69 Å². The van der Waals surface area contributed by atoms with Crippen LogP contribution in [-0.2, 0) is 6.54 Å². The molecule has 0 saturated carbocycles. The number of piperidine rings is 1. The van der Waals surface area contributed by atoms with Gasteiger partial charge in [-0.15, -0.1) is 0 Å². The van der Waals surface area contributed by atoms with Crippen LogP contribution in [0.3, 0.4) is 0 Å². The van der Waals surface area contributed by atoms with Crippen LogP contribution in [0.25, 0.3) is 22.6 Å². The van der Waals surface area contributed by atoms with Crippen LogP contribution in [0.1, 0.15) is 36.5 Å². The number of carbonyl (C=O) groups is 1. The Labute approximate surface area is 242 Å². The predicted octanol–water partition coefficient (Wildman–Crippen LogP) is 4.99. The molecular weight excluding hydrogens is 536 g/mol. The van der Waals surface area contributed by atoms with E-state index in [4.69, 9.17) is 19.8 Å².